The van der Waals surface area contributed by atoms with Crippen molar-refractivity contribution in [1.82, 2.24) is 5.32 Å². The molecule has 0 unspecified atom stereocenters. The summed E-state index contributed by atoms with van der Waals surface area (Å²) in [6.45, 7) is 12.3. The number of nitrogens with one attached hydrogen (secondary N) is 1. The van der Waals surface area contributed by atoms with Gasteiger partial charge in [-0.25, -0.2) is 0 Å². The van der Waals surface area contributed by atoms with Gasteiger partial charge >= 0.3 is 0 Å². The lowest BCUT2D eigenvalue weighted by molar-refractivity contribution is -0.123. The maximum absolute atomic E-state index is 11.7. The maximum Gasteiger partial charge on any atom is 0.220 e. The van der Waals surface area contributed by atoms with Crippen molar-refractivity contribution in [2.75, 3.05) is 0 Å². The van der Waals surface area contributed by atoms with Crippen molar-refractivity contribution in [2.45, 2.75) is 92.0 Å². The van der Waals surface area contributed by atoms with Gasteiger partial charge in [-0.3, -0.25) is 9.59 Å². The lowest BCUT2D eigenvalue weighted by Gasteiger charge is -2.20. The SMILES string of the molecule is CC(C)(C)CC(=O)CCCCCCC(=O)NC(C)(C)C. The van der Waals surface area contributed by atoms with Crippen molar-refractivity contribution in [3.05, 3.63) is 0 Å². The van der Waals surface area contributed by atoms with Crippen LogP contribution in [0.25, 0.3) is 0 Å². The first kappa shape index (κ1) is 19.1. The van der Waals surface area contributed by atoms with Crippen LogP contribution < -0.4 is 5.32 Å². The molecule has 20 heavy (non-hydrogen) atoms. The summed E-state index contributed by atoms with van der Waals surface area (Å²) >= 11 is 0. The van der Waals surface area contributed by atoms with Gasteiger partial charge in [0.2, 0.25) is 5.91 Å². The molecule has 0 aliphatic heterocycles. The van der Waals surface area contributed by atoms with Crippen LogP contribution in [-0.2, 0) is 9.59 Å². The van der Waals surface area contributed by atoms with E-state index in [1.807, 2.05) is 20.8 Å². The average molecular weight is 283 g/mol. The van der Waals surface area contributed by atoms with E-state index in [-0.39, 0.29) is 16.9 Å². The van der Waals surface area contributed by atoms with Crippen molar-refractivity contribution in [2.24, 2.45) is 5.41 Å². The molecule has 0 heterocycles. The molecule has 3 heteroatoms. The highest BCUT2D eigenvalue weighted by atomic mass is 16.1. The highest BCUT2D eigenvalue weighted by molar-refractivity contribution is 5.78. The zero-order valence-corrected chi connectivity index (χ0v) is 14.3. The van der Waals surface area contributed by atoms with Gasteiger partial charge in [0.25, 0.3) is 0 Å². The highest BCUT2D eigenvalue weighted by Crippen LogP contribution is 2.20. The number of hydrogen-bond acceptors (Lipinski definition) is 2. The number of carbonyl (C=O) groups is 2. The Hall–Kier alpha value is -0.860. The third-order valence-corrected chi connectivity index (χ3v) is 2.85. The fourth-order valence-corrected chi connectivity index (χ4v) is 2.12. The molecule has 118 valence electrons. The molecule has 1 amide bonds. The zero-order chi connectivity index (χ0) is 15.8. The molecule has 3 nitrogen and oxygen atoms in total. The van der Waals surface area contributed by atoms with E-state index in [2.05, 4.69) is 26.1 Å². The third kappa shape index (κ3) is 13.6. The second-order valence-electron chi connectivity index (χ2n) is 7.99. The van der Waals surface area contributed by atoms with E-state index < -0.39 is 0 Å². The Morgan fingerprint density at radius 3 is 1.75 bits per heavy atom. The summed E-state index contributed by atoms with van der Waals surface area (Å²) in [6, 6.07) is 0. The van der Waals surface area contributed by atoms with E-state index in [0.29, 0.717) is 25.0 Å². The van der Waals surface area contributed by atoms with Crippen LogP contribution in [0.1, 0.15) is 86.5 Å². The van der Waals surface area contributed by atoms with Crippen LogP contribution >= 0.6 is 0 Å². The standard InChI is InChI=1S/C17H33NO2/c1-16(2,3)13-14(19)11-9-7-8-10-12-15(20)18-17(4,5)6/h7-13H2,1-6H3,(H,18,20). The number of Topliss-reactive ketones (excluding diaryl/α,β-unsaturated/α-hetero) is 1. The Labute approximate surface area is 124 Å². The van der Waals surface area contributed by atoms with E-state index in [4.69, 9.17) is 0 Å². The summed E-state index contributed by atoms with van der Waals surface area (Å²) in [5, 5.41) is 2.96. The van der Waals surface area contributed by atoms with E-state index in [0.717, 1.165) is 25.7 Å². The predicted octanol–water partition coefficient (Wildman–Crippen LogP) is 4.25. The minimum Gasteiger partial charge on any atom is -0.352 e. The molecular weight excluding hydrogens is 250 g/mol. The lowest BCUT2D eigenvalue weighted by atomic mass is 9.88. The Kier molecular flexibility index (Phi) is 8.07. The molecule has 0 aliphatic rings. The Balaban J connectivity index is 3.54. The minimum atomic E-state index is -0.142. The maximum atomic E-state index is 11.7. The molecule has 0 saturated carbocycles. The third-order valence-electron chi connectivity index (χ3n) is 2.85. The van der Waals surface area contributed by atoms with Gasteiger partial charge in [0, 0.05) is 24.8 Å². The van der Waals surface area contributed by atoms with Crippen LogP contribution in [0.15, 0.2) is 0 Å². The smallest absolute Gasteiger partial charge is 0.220 e. The van der Waals surface area contributed by atoms with Crippen LogP contribution in [0, 0.1) is 5.41 Å². The molecule has 0 aliphatic carbocycles. The monoisotopic (exact) mass is 283 g/mol. The van der Waals surface area contributed by atoms with Gasteiger partial charge in [0.15, 0.2) is 0 Å². The van der Waals surface area contributed by atoms with E-state index in [9.17, 15) is 9.59 Å². The first-order valence-corrected chi connectivity index (χ1v) is 7.82. The Bertz CT molecular complexity index is 276. The molecular formula is C17H33NO2. The summed E-state index contributed by atoms with van der Waals surface area (Å²) in [7, 11) is 0. The molecule has 0 fully saturated rings. The molecule has 1 N–H and O–H groups in total. The topological polar surface area (TPSA) is 46.2 Å². The van der Waals surface area contributed by atoms with Crippen molar-refractivity contribution >= 4 is 11.7 Å². The van der Waals surface area contributed by atoms with Crippen LogP contribution in [0.4, 0.5) is 0 Å². The Morgan fingerprint density at radius 2 is 1.30 bits per heavy atom. The number of carbonyl (C=O) groups excluding carboxylic acids is 2. The minimum absolute atomic E-state index is 0.0993. The average Bonchev–Trinajstić information content (AvgIpc) is 2.17. The summed E-state index contributed by atoms with van der Waals surface area (Å²) < 4.78 is 0. The fraction of sp³-hybridized carbons (Fsp3) is 0.882. The molecule has 0 aromatic heterocycles. The zero-order valence-electron chi connectivity index (χ0n) is 14.3. The van der Waals surface area contributed by atoms with Crippen molar-refractivity contribution in [3.63, 3.8) is 0 Å². The number of amides is 1. The summed E-state index contributed by atoms with van der Waals surface area (Å²) in [5.74, 6) is 0.490. The number of rotatable bonds is 8. The molecule has 0 aromatic rings. The first-order valence-electron chi connectivity index (χ1n) is 7.82. The van der Waals surface area contributed by atoms with E-state index in [1.54, 1.807) is 0 Å². The Morgan fingerprint density at radius 1 is 0.800 bits per heavy atom. The number of unbranched alkanes of at least 4 members (excludes halogenated alkanes) is 3. The molecule has 0 aromatic carbocycles. The first-order chi connectivity index (χ1) is 8.99. The van der Waals surface area contributed by atoms with Crippen molar-refractivity contribution in [1.29, 1.82) is 0 Å². The summed E-state index contributed by atoms with van der Waals surface area (Å²) in [5.41, 5.74) is -0.0431. The van der Waals surface area contributed by atoms with Gasteiger partial charge in [-0.2, -0.15) is 0 Å². The number of hydrogen-bond donors (Lipinski definition) is 1. The molecule has 0 rings (SSSR count). The van der Waals surface area contributed by atoms with Gasteiger partial charge in [-0.05, 0) is 39.0 Å². The van der Waals surface area contributed by atoms with Gasteiger partial charge in [-0.1, -0.05) is 33.6 Å². The highest BCUT2D eigenvalue weighted by Gasteiger charge is 2.15. The molecule has 0 atom stereocenters. The van der Waals surface area contributed by atoms with Crippen molar-refractivity contribution < 1.29 is 9.59 Å². The quantitative estimate of drug-likeness (QED) is 0.677. The molecule has 0 spiro atoms. The molecule has 0 bridgehead atoms. The van der Waals surface area contributed by atoms with Gasteiger partial charge in [0.05, 0.1) is 0 Å². The van der Waals surface area contributed by atoms with Crippen LogP contribution in [0.2, 0.25) is 0 Å². The van der Waals surface area contributed by atoms with Crippen LogP contribution in [-0.4, -0.2) is 17.2 Å². The normalized spacial score (nSPS) is 12.3. The van der Waals surface area contributed by atoms with Gasteiger partial charge in [-0.15, -0.1) is 0 Å². The van der Waals surface area contributed by atoms with Gasteiger partial charge in [0.1, 0.15) is 5.78 Å². The molecule has 0 radical (unpaired) electrons. The number of ketones is 1. The second kappa shape index (κ2) is 8.43. The summed E-state index contributed by atoms with van der Waals surface area (Å²) in [4.78, 5) is 23.3. The van der Waals surface area contributed by atoms with Crippen molar-refractivity contribution in [3.8, 4) is 0 Å². The molecule has 0 saturated heterocycles. The fourth-order valence-electron chi connectivity index (χ4n) is 2.12. The van der Waals surface area contributed by atoms with E-state index in [1.165, 1.54) is 0 Å². The predicted molar refractivity (Wildman–Crippen MR) is 84.7 cm³/mol. The largest absolute Gasteiger partial charge is 0.352 e. The van der Waals surface area contributed by atoms with E-state index >= 15 is 0 Å². The second-order valence-corrected chi connectivity index (χ2v) is 7.99. The summed E-state index contributed by atoms with van der Waals surface area (Å²) in [6.07, 6.45) is 5.88. The lowest BCUT2D eigenvalue weighted by Crippen LogP contribution is -2.40. The van der Waals surface area contributed by atoms with Gasteiger partial charge < -0.3 is 5.32 Å². The van der Waals surface area contributed by atoms with Crippen LogP contribution in [0.3, 0.4) is 0 Å². The van der Waals surface area contributed by atoms with Crippen LogP contribution in [0.5, 0.6) is 0 Å².